The second-order valence-electron chi connectivity index (χ2n) is 4.64. The van der Waals surface area contributed by atoms with Crippen LogP contribution in [-0.2, 0) is 4.74 Å². The highest BCUT2D eigenvalue weighted by atomic mass is 16.5. The molecule has 0 saturated carbocycles. The first-order valence-corrected chi connectivity index (χ1v) is 5.42. The molecule has 16 heavy (non-hydrogen) atoms. The van der Waals surface area contributed by atoms with Crippen molar-refractivity contribution >= 4 is 5.82 Å². The summed E-state index contributed by atoms with van der Waals surface area (Å²) in [5, 5.41) is 17.1. The Kier molecular flexibility index (Phi) is 3.07. The summed E-state index contributed by atoms with van der Waals surface area (Å²) in [5.41, 5.74) is -0.275. The summed E-state index contributed by atoms with van der Waals surface area (Å²) in [6.45, 7) is 5.46. The number of hydrogen-bond acceptors (Lipinski definition) is 5. The standard InChI is InChI=1S/C11H17N3O2/c1-11(2)8-14(6-9(7-15)16-11)10-4-3-5-12-13-10/h3-5,9,15H,6-8H2,1-2H3. The van der Waals surface area contributed by atoms with E-state index in [-0.39, 0.29) is 18.3 Å². The van der Waals surface area contributed by atoms with Gasteiger partial charge >= 0.3 is 0 Å². The number of aliphatic hydroxyl groups is 1. The van der Waals surface area contributed by atoms with E-state index in [2.05, 4.69) is 15.1 Å². The van der Waals surface area contributed by atoms with Crippen LogP contribution in [0.25, 0.3) is 0 Å². The van der Waals surface area contributed by atoms with Crippen LogP contribution in [0.3, 0.4) is 0 Å². The molecule has 0 spiro atoms. The molecule has 2 rings (SSSR count). The van der Waals surface area contributed by atoms with Crippen LogP contribution in [0.1, 0.15) is 13.8 Å². The molecule has 1 unspecified atom stereocenters. The monoisotopic (exact) mass is 223 g/mol. The summed E-state index contributed by atoms with van der Waals surface area (Å²) in [7, 11) is 0. The zero-order chi connectivity index (χ0) is 11.6. The fourth-order valence-corrected chi connectivity index (χ4v) is 2.03. The summed E-state index contributed by atoms with van der Waals surface area (Å²) in [4.78, 5) is 2.09. The average molecular weight is 223 g/mol. The van der Waals surface area contributed by atoms with Gasteiger partial charge in [0.15, 0.2) is 5.82 Å². The number of hydrogen-bond donors (Lipinski definition) is 1. The first-order chi connectivity index (χ1) is 7.61. The van der Waals surface area contributed by atoms with E-state index in [0.29, 0.717) is 6.54 Å². The van der Waals surface area contributed by atoms with Gasteiger partial charge in [-0.05, 0) is 26.0 Å². The Balaban J connectivity index is 2.16. The maximum Gasteiger partial charge on any atom is 0.151 e. The van der Waals surface area contributed by atoms with E-state index < -0.39 is 0 Å². The maximum absolute atomic E-state index is 9.20. The van der Waals surface area contributed by atoms with Crippen molar-refractivity contribution in [2.45, 2.75) is 25.6 Å². The molecule has 88 valence electrons. The minimum Gasteiger partial charge on any atom is -0.394 e. The molecule has 1 aromatic rings. The van der Waals surface area contributed by atoms with Gasteiger partial charge in [-0.15, -0.1) is 5.10 Å². The van der Waals surface area contributed by atoms with Gasteiger partial charge in [-0.3, -0.25) is 0 Å². The van der Waals surface area contributed by atoms with Crippen LogP contribution in [0.5, 0.6) is 0 Å². The normalized spacial score (nSPS) is 24.4. The van der Waals surface area contributed by atoms with Gasteiger partial charge in [0, 0.05) is 19.3 Å². The molecule has 1 fully saturated rings. The van der Waals surface area contributed by atoms with Crippen LogP contribution in [0.15, 0.2) is 18.3 Å². The number of aromatic nitrogens is 2. The lowest BCUT2D eigenvalue weighted by molar-refractivity contribution is -0.101. The molecule has 1 aliphatic rings. The average Bonchev–Trinajstić information content (AvgIpc) is 2.28. The van der Waals surface area contributed by atoms with Crippen molar-refractivity contribution in [3.8, 4) is 0 Å². The second-order valence-corrected chi connectivity index (χ2v) is 4.64. The Hall–Kier alpha value is -1.20. The molecular weight excluding hydrogens is 206 g/mol. The minimum atomic E-state index is -0.275. The molecule has 1 N–H and O–H groups in total. The van der Waals surface area contributed by atoms with Crippen molar-refractivity contribution < 1.29 is 9.84 Å². The van der Waals surface area contributed by atoms with E-state index in [0.717, 1.165) is 12.4 Å². The summed E-state index contributed by atoms with van der Waals surface area (Å²) in [5.74, 6) is 0.831. The summed E-state index contributed by atoms with van der Waals surface area (Å²) in [6, 6.07) is 3.78. The molecule has 0 aliphatic carbocycles. The van der Waals surface area contributed by atoms with E-state index in [1.807, 2.05) is 26.0 Å². The molecule has 5 nitrogen and oxygen atoms in total. The first kappa shape index (κ1) is 11.3. The Bertz CT molecular complexity index is 342. The Morgan fingerprint density at radius 2 is 2.44 bits per heavy atom. The van der Waals surface area contributed by atoms with E-state index in [1.165, 1.54) is 0 Å². The van der Waals surface area contributed by atoms with Crippen LogP contribution in [0.2, 0.25) is 0 Å². The van der Waals surface area contributed by atoms with E-state index >= 15 is 0 Å². The third-order valence-electron chi connectivity index (χ3n) is 2.57. The van der Waals surface area contributed by atoms with Gasteiger partial charge in [0.05, 0.1) is 18.3 Å². The van der Waals surface area contributed by atoms with Gasteiger partial charge in [0.2, 0.25) is 0 Å². The van der Waals surface area contributed by atoms with Crippen LogP contribution < -0.4 is 4.90 Å². The van der Waals surface area contributed by atoms with Gasteiger partial charge in [-0.25, -0.2) is 0 Å². The van der Waals surface area contributed by atoms with Crippen LogP contribution >= 0.6 is 0 Å². The number of rotatable bonds is 2. The maximum atomic E-state index is 9.20. The van der Waals surface area contributed by atoms with Crippen LogP contribution in [0, 0.1) is 0 Å². The molecule has 0 amide bonds. The van der Waals surface area contributed by atoms with Crippen molar-refractivity contribution in [2.24, 2.45) is 0 Å². The number of nitrogens with zero attached hydrogens (tertiary/aromatic N) is 3. The fourth-order valence-electron chi connectivity index (χ4n) is 2.03. The lowest BCUT2D eigenvalue weighted by atomic mass is 10.1. The Labute approximate surface area is 95.1 Å². The highest BCUT2D eigenvalue weighted by Crippen LogP contribution is 2.23. The molecule has 0 aromatic carbocycles. The fraction of sp³-hybridized carbons (Fsp3) is 0.636. The summed E-state index contributed by atoms with van der Waals surface area (Å²) in [6.07, 6.45) is 1.49. The quantitative estimate of drug-likeness (QED) is 0.789. The number of anilines is 1. The zero-order valence-corrected chi connectivity index (χ0v) is 9.63. The van der Waals surface area contributed by atoms with Gasteiger partial charge in [-0.2, -0.15) is 5.10 Å². The minimum absolute atomic E-state index is 0.0280. The number of aliphatic hydroxyl groups excluding tert-OH is 1. The van der Waals surface area contributed by atoms with Crippen LogP contribution in [0.4, 0.5) is 5.82 Å². The van der Waals surface area contributed by atoms with Gasteiger partial charge in [0.1, 0.15) is 0 Å². The largest absolute Gasteiger partial charge is 0.394 e. The smallest absolute Gasteiger partial charge is 0.151 e. The number of ether oxygens (including phenoxy) is 1. The topological polar surface area (TPSA) is 58.5 Å². The van der Waals surface area contributed by atoms with Gasteiger partial charge in [0.25, 0.3) is 0 Å². The molecule has 1 aliphatic heterocycles. The zero-order valence-electron chi connectivity index (χ0n) is 9.63. The molecule has 2 heterocycles. The molecule has 1 saturated heterocycles. The first-order valence-electron chi connectivity index (χ1n) is 5.42. The van der Waals surface area contributed by atoms with E-state index in [9.17, 15) is 5.11 Å². The Morgan fingerprint density at radius 3 is 3.06 bits per heavy atom. The van der Waals surface area contributed by atoms with Crippen molar-refractivity contribution in [1.29, 1.82) is 0 Å². The third kappa shape index (κ3) is 2.48. The predicted octanol–water partition coefficient (Wildman–Crippen LogP) is 0.453. The third-order valence-corrected chi connectivity index (χ3v) is 2.57. The lowest BCUT2D eigenvalue weighted by Crippen LogP contribution is -2.54. The summed E-state index contributed by atoms with van der Waals surface area (Å²) >= 11 is 0. The Morgan fingerprint density at radius 1 is 1.62 bits per heavy atom. The SMILES string of the molecule is CC1(C)CN(c2cccnn2)CC(CO)O1. The van der Waals surface area contributed by atoms with Gasteiger partial charge < -0.3 is 14.7 Å². The highest BCUT2D eigenvalue weighted by molar-refractivity contribution is 5.37. The molecule has 1 atom stereocenters. The molecule has 0 radical (unpaired) electrons. The molecule has 0 bridgehead atoms. The van der Waals surface area contributed by atoms with E-state index in [1.54, 1.807) is 6.20 Å². The second kappa shape index (κ2) is 4.35. The summed E-state index contributed by atoms with van der Waals surface area (Å²) < 4.78 is 5.73. The molecular formula is C11H17N3O2. The lowest BCUT2D eigenvalue weighted by Gasteiger charge is -2.42. The van der Waals surface area contributed by atoms with Crippen LogP contribution in [-0.4, -0.2) is 46.7 Å². The van der Waals surface area contributed by atoms with Crippen molar-refractivity contribution in [1.82, 2.24) is 10.2 Å². The highest BCUT2D eigenvalue weighted by Gasteiger charge is 2.33. The van der Waals surface area contributed by atoms with Gasteiger partial charge in [-0.1, -0.05) is 0 Å². The number of morpholine rings is 1. The van der Waals surface area contributed by atoms with Crippen molar-refractivity contribution in [3.05, 3.63) is 18.3 Å². The van der Waals surface area contributed by atoms with Crippen molar-refractivity contribution in [3.63, 3.8) is 0 Å². The molecule has 5 heteroatoms. The predicted molar refractivity (Wildman–Crippen MR) is 60.3 cm³/mol. The molecule has 1 aromatic heterocycles. The van der Waals surface area contributed by atoms with Crippen molar-refractivity contribution in [2.75, 3.05) is 24.6 Å². The van der Waals surface area contributed by atoms with E-state index in [4.69, 9.17) is 4.74 Å².